The smallest absolute Gasteiger partial charge is 0.270 e. The molecule has 2 aromatic heterocycles. The van der Waals surface area contributed by atoms with Gasteiger partial charge in [-0.3, -0.25) is 4.79 Å². The molecule has 0 radical (unpaired) electrons. The van der Waals surface area contributed by atoms with Crippen molar-refractivity contribution in [1.82, 2.24) is 15.0 Å². The molecule has 1 N–H and O–H groups in total. The van der Waals surface area contributed by atoms with Crippen molar-refractivity contribution in [2.24, 2.45) is 0 Å². The van der Waals surface area contributed by atoms with Crippen LogP contribution in [0.5, 0.6) is 11.5 Å². The van der Waals surface area contributed by atoms with Crippen LogP contribution >= 0.6 is 0 Å². The van der Waals surface area contributed by atoms with Crippen molar-refractivity contribution >= 4 is 16.8 Å². The Morgan fingerprint density at radius 1 is 1.41 bits per heavy atom. The number of aromatic amines is 1. The number of rotatable bonds is 5. The average molecular weight is 369 g/mol. The molecule has 0 saturated carbocycles. The van der Waals surface area contributed by atoms with Gasteiger partial charge < -0.3 is 23.9 Å². The van der Waals surface area contributed by atoms with Gasteiger partial charge in [-0.15, -0.1) is 0 Å². The highest BCUT2D eigenvalue weighted by molar-refractivity contribution is 6.02. The van der Waals surface area contributed by atoms with Crippen LogP contribution < -0.4 is 9.47 Å². The summed E-state index contributed by atoms with van der Waals surface area (Å²) in [5.74, 6) is 2.18. The Morgan fingerprint density at radius 2 is 2.22 bits per heavy atom. The maximum absolute atomic E-state index is 12.9. The predicted molar refractivity (Wildman–Crippen MR) is 100 cm³/mol. The number of amides is 1. The molecule has 0 fully saturated rings. The Balaban J connectivity index is 1.69. The molecule has 27 heavy (non-hydrogen) atoms. The highest BCUT2D eigenvalue weighted by Crippen LogP contribution is 2.41. The van der Waals surface area contributed by atoms with Gasteiger partial charge in [0.2, 0.25) is 0 Å². The fourth-order valence-corrected chi connectivity index (χ4v) is 3.53. The molecule has 0 spiro atoms. The number of aryl methyl sites for hydroxylation is 1. The molecule has 0 saturated heterocycles. The molecule has 0 bridgehead atoms. The molecule has 3 heterocycles. The molecular formula is C20H23N3O4. The molecule has 7 nitrogen and oxygen atoms in total. The van der Waals surface area contributed by atoms with E-state index >= 15 is 0 Å². The summed E-state index contributed by atoms with van der Waals surface area (Å²) >= 11 is 0. The number of carbonyl (C=O) groups excluding carboxylic acids is 1. The number of hydrogen-bond donors (Lipinski definition) is 1. The number of hydrogen-bond acceptors (Lipinski definition) is 5. The Hall–Kier alpha value is -2.96. The van der Waals surface area contributed by atoms with Crippen LogP contribution in [0.3, 0.4) is 0 Å². The van der Waals surface area contributed by atoms with Crippen molar-refractivity contribution in [3.8, 4) is 11.5 Å². The fourth-order valence-electron chi connectivity index (χ4n) is 3.53. The first-order valence-corrected chi connectivity index (χ1v) is 9.12. The summed E-state index contributed by atoms with van der Waals surface area (Å²) in [7, 11) is 1.74. The maximum atomic E-state index is 12.9. The van der Waals surface area contributed by atoms with E-state index in [1.807, 2.05) is 39.0 Å². The van der Waals surface area contributed by atoms with E-state index in [2.05, 4.69) is 10.1 Å². The molecule has 1 aliphatic heterocycles. The van der Waals surface area contributed by atoms with E-state index in [0.29, 0.717) is 24.5 Å². The lowest BCUT2D eigenvalue weighted by Gasteiger charge is -2.14. The van der Waals surface area contributed by atoms with Gasteiger partial charge in [-0.25, -0.2) is 0 Å². The normalized spacial score (nSPS) is 15.6. The third-order valence-electron chi connectivity index (χ3n) is 4.69. The highest BCUT2D eigenvalue weighted by atomic mass is 16.5. The molecule has 0 unspecified atom stereocenters. The van der Waals surface area contributed by atoms with Crippen molar-refractivity contribution in [2.75, 3.05) is 13.7 Å². The Kier molecular flexibility index (Phi) is 4.30. The van der Waals surface area contributed by atoms with Gasteiger partial charge in [0.05, 0.1) is 18.7 Å². The molecule has 1 atom stereocenters. The third-order valence-corrected chi connectivity index (χ3v) is 4.69. The average Bonchev–Trinajstić information content (AvgIpc) is 3.32. The molecule has 1 aromatic carbocycles. The first-order chi connectivity index (χ1) is 13.0. The van der Waals surface area contributed by atoms with Crippen LogP contribution in [-0.2, 0) is 13.0 Å². The summed E-state index contributed by atoms with van der Waals surface area (Å²) < 4.78 is 16.9. The van der Waals surface area contributed by atoms with Crippen molar-refractivity contribution in [2.45, 2.75) is 39.8 Å². The zero-order valence-electron chi connectivity index (χ0n) is 16.0. The van der Waals surface area contributed by atoms with Gasteiger partial charge in [-0.1, -0.05) is 5.16 Å². The first-order valence-electron chi connectivity index (χ1n) is 9.12. The Morgan fingerprint density at radius 3 is 2.93 bits per heavy atom. The van der Waals surface area contributed by atoms with E-state index in [0.717, 1.165) is 40.1 Å². The fraction of sp³-hybridized carbons (Fsp3) is 0.400. The van der Waals surface area contributed by atoms with Gasteiger partial charge in [0.1, 0.15) is 34.8 Å². The second-order valence-corrected chi connectivity index (χ2v) is 6.99. The summed E-state index contributed by atoms with van der Waals surface area (Å²) in [5.41, 5.74) is 3.12. The van der Waals surface area contributed by atoms with Crippen molar-refractivity contribution in [1.29, 1.82) is 0 Å². The number of ether oxygens (including phenoxy) is 2. The van der Waals surface area contributed by atoms with Gasteiger partial charge in [0.25, 0.3) is 5.91 Å². The van der Waals surface area contributed by atoms with Gasteiger partial charge in [-0.05, 0) is 32.9 Å². The molecule has 4 rings (SSSR count). The largest absolute Gasteiger partial charge is 0.493 e. The van der Waals surface area contributed by atoms with Crippen molar-refractivity contribution in [3.63, 3.8) is 0 Å². The number of carbonyl (C=O) groups is 1. The van der Waals surface area contributed by atoms with E-state index < -0.39 is 0 Å². The highest BCUT2D eigenvalue weighted by Gasteiger charge is 2.27. The molecular weight excluding hydrogens is 346 g/mol. The minimum absolute atomic E-state index is 0.112. The summed E-state index contributed by atoms with van der Waals surface area (Å²) in [4.78, 5) is 17.8. The lowest BCUT2D eigenvalue weighted by molar-refractivity contribution is 0.0777. The summed E-state index contributed by atoms with van der Waals surface area (Å²) in [6.45, 7) is 6.74. The molecule has 1 aliphatic rings. The van der Waals surface area contributed by atoms with Crippen LogP contribution in [0.1, 0.15) is 41.4 Å². The minimum atomic E-state index is -0.130. The van der Waals surface area contributed by atoms with E-state index in [9.17, 15) is 4.79 Å². The van der Waals surface area contributed by atoms with Crippen LogP contribution in [-0.4, -0.2) is 40.7 Å². The van der Waals surface area contributed by atoms with E-state index in [4.69, 9.17) is 14.0 Å². The number of nitrogens with zero attached hydrogens (tertiary/aromatic N) is 2. The predicted octanol–water partition coefficient (Wildman–Crippen LogP) is 3.46. The van der Waals surface area contributed by atoms with Gasteiger partial charge in [0, 0.05) is 30.5 Å². The number of H-pyrrole nitrogens is 1. The quantitative estimate of drug-likeness (QED) is 0.745. The number of benzene rings is 1. The van der Waals surface area contributed by atoms with Crippen LogP contribution in [0, 0.1) is 6.92 Å². The van der Waals surface area contributed by atoms with Gasteiger partial charge >= 0.3 is 0 Å². The zero-order chi connectivity index (χ0) is 19.1. The topological polar surface area (TPSA) is 80.6 Å². The van der Waals surface area contributed by atoms with Crippen LogP contribution in [0.15, 0.2) is 22.7 Å². The Labute approximate surface area is 157 Å². The second-order valence-electron chi connectivity index (χ2n) is 6.99. The summed E-state index contributed by atoms with van der Waals surface area (Å²) in [5, 5.41) is 4.81. The SMILES string of the molecule is CCOc1cc2c(c3[nH]c(C(=O)N(C)Cc4cc(C)on4)cc13)O[C@@H](C)C2. The Bertz CT molecular complexity index is 1000. The monoisotopic (exact) mass is 369 g/mol. The van der Waals surface area contributed by atoms with E-state index in [1.54, 1.807) is 11.9 Å². The molecule has 0 aliphatic carbocycles. The second kappa shape index (κ2) is 6.64. The molecule has 7 heteroatoms. The van der Waals surface area contributed by atoms with Crippen LogP contribution in [0.2, 0.25) is 0 Å². The molecule has 1 amide bonds. The van der Waals surface area contributed by atoms with Crippen molar-refractivity contribution < 1.29 is 18.8 Å². The van der Waals surface area contributed by atoms with Crippen molar-refractivity contribution in [3.05, 3.63) is 40.9 Å². The van der Waals surface area contributed by atoms with E-state index in [1.165, 1.54) is 0 Å². The standard InChI is InChI=1S/C20H23N3O4/c1-5-25-17-8-13-6-11(2)26-19(13)18-15(17)9-16(21-18)20(24)23(4)10-14-7-12(3)27-22-14/h7-9,11,21H,5-6,10H2,1-4H3/t11-/m0/s1. The molecule has 142 valence electrons. The lowest BCUT2D eigenvalue weighted by atomic mass is 10.1. The lowest BCUT2D eigenvalue weighted by Crippen LogP contribution is -2.26. The van der Waals surface area contributed by atoms with Crippen LogP contribution in [0.25, 0.3) is 10.9 Å². The third kappa shape index (κ3) is 3.13. The number of nitrogens with one attached hydrogen (secondary N) is 1. The number of fused-ring (bicyclic) bond motifs is 3. The zero-order valence-corrected chi connectivity index (χ0v) is 16.0. The minimum Gasteiger partial charge on any atom is -0.493 e. The van der Waals surface area contributed by atoms with Gasteiger partial charge in [0.15, 0.2) is 0 Å². The first kappa shape index (κ1) is 17.5. The van der Waals surface area contributed by atoms with Crippen LogP contribution in [0.4, 0.5) is 0 Å². The number of aromatic nitrogens is 2. The molecule has 3 aromatic rings. The summed E-state index contributed by atoms with van der Waals surface area (Å²) in [6, 6.07) is 5.68. The maximum Gasteiger partial charge on any atom is 0.270 e. The summed E-state index contributed by atoms with van der Waals surface area (Å²) in [6.07, 6.45) is 0.944. The van der Waals surface area contributed by atoms with Gasteiger partial charge in [-0.2, -0.15) is 0 Å². The van der Waals surface area contributed by atoms with E-state index in [-0.39, 0.29) is 12.0 Å².